The smallest absolute Gasteiger partial charge is 0.225 e. The Kier molecular flexibility index (Phi) is 4.07. The van der Waals surface area contributed by atoms with Gasteiger partial charge in [0.2, 0.25) is 5.91 Å². The highest BCUT2D eigenvalue weighted by atomic mass is 16.2. The molecule has 0 aromatic carbocycles. The minimum Gasteiger partial charge on any atom is -0.342 e. The first-order valence-corrected chi connectivity index (χ1v) is 8.60. The van der Waals surface area contributed by atoms with E-state index in [1.54, 1.807) is 0 Å². The lowest BCUT2D eigenvalue weighted by Crippen LogP contribution is -2.51. The van der Waals surface area contributed by atoms with Crippen LogP contribution in [0.15, 0.2) is 0 Å². The maximum atomic E-state index is 12.8. The Bertz CT molecular complexity index is 356. The summed E-state index contributed by atoms with van der Waals surface area (Å²) in [5, 5.41) is 0. The molecule has 3 heteroatoms. The van der Waals surface area contributed by atoms with Gasteiger partial charge in [-0.05, 0) is 55.8 Å². The van der Waals surface area contributed by atoms with Crippen molar-refractivity contribution < 1.29 is 4.79 Å². The molecule has 0 radical (unpaired) electrons. The first kappa shape index (κ1) is 14.4. The minimum atomic E-state index is 0.269. The Morgan fingerprint density at radius 2 is 1.70 bits per heavy atom. The number of rotatable bonds is 1. The van der Waals surface area contributed by atoms with Gasteiger partial charge < -0.3 is 10.6 Å². The molecule has 0 aromatic rings. The van der Waals surface area contributed by atoms with Crippen LogP contribution in [-0.4, -0.2) is 29.9 Å². The fourth-order valence-corrected chi connectivity index (χ4v) is 4.71. The number of nitrogens with two attached hydrogens (primary N) is 1. The molecule has 2 saturated carbocycles. The average molecular weight is 278 g/mol. The molecule has 4 unspecified atom stereocenters. The molecule has 1 aliphatic heterocycles. The summed E-state index contributed by atoms with van der Waals surface area (Å²) in [6, 6.07) is 0.369. The van der Waals surface area contributed by atoms with Gasteiger partial charge in [-0.15, -0.1) is 0 Å². The lowest BCUT2D eigenvalue weighted by atomic mass is 9.65. The monoisotopic (exact) mass is 278 g/mol. The summed E-state index contributed by atoms with van der Waals surface area (Å²) >= 11 is 0. The lowest BCUT2D eigenvalue weighted by molar-refractivity contribution is -0.141. The van der Waals surface area contributed by atoms with E-state index in [0.29, 0.717) is 29.7 Å². The molecular weight excluding hydrogens is 248 g/mol. The molecule has 114 valence electrons. The van der Waals surface area contributed by atoms with Crippen LogP contribution in [0.1, 0.15) is 52.4 Å². The highest BCUT2D eigenvalue weighted by molar-refractivity contribution is 5.79. The predicted octanol–water partition coefficient (Wildman–Crippen LogP) is 2.64. The van der Waals surface area contributed by atoms with Crippen molar-refractivity contribution in [2.75, 3.05) is 13.1 Å². The summed E-state index contributed by atoms with van der Waals surface area (Å²) in [5.41, 5.74) is 6.34. The summed E-state index contributed by atoms with van der Waals surface area (Å²) in [7, 11) is 0. The van der Waals surface area contributed by atoms with E-state index in [1.165, 1.54) is 25.7 Å². The van der Waals surface area contributed by atoms with Crippen molar-refractivity contribution in [1.29, 1.82) is 0 Å². The zero-order valence-corrected chi connectivity index (χ0v) is 13.1. The standard InChI is InChI=1S/C17H30N2O/c1-11-6-7-19(10-12(11)2)17(20)15-8-13-4-3-5-14(9-15)16(13)18/h11-16H,3-10,18H2,1-2H3. The van der Waals surface area contributed by atoms with Gasteiger partial charge in [0.05, 0.1) is 0 Å². The molecule has 2 bridgehead atoms. The molecule has 1 saturated heterocycles. The SMILES string of the molecule is CC1CCN(C(=O)C2CC3CCCC(C2)C3N)CC1C. The van der Waals surface area contributed by atoms with E-state index < -0.39 is 0 Å². The second kappa shape index (κ2) is 5.67. The van der Waals surface area contributed by atoms with Crippen LogP contribution in [0, 0.1) is 29.6 Å². The first-order valence-electron chi connectivity index (χ1n) is 8.60. The molecular formula is C17H30N2O. The van der Waals surface area contributed by atoms with Gasteiger partial charge in [0.25, 0.3) is 0 Å². The maximum Gasteiger partial charge on any atom is 0.225 e. The summed E-state index contributed by atoms with van der Waals surface area (Å²) in [6.45, 7) is 6.55. The van der Waals surface area contributed by atoms with Crippen LogP contribution in [0.3, 0.4) is 0 Å². The highest BCUT2D eigenvalue weighted by Gasteiger charge is 2.42. The van der Waals surface area contributed by atoms with Crippen LogP contribution < -0.4 is 5.73 Å². The molecule has 4 atom stereocenters. The number of likely N-dealkylation sites (tertiary alicyclic amines) is 1. The Labute approximate surface area is 123 Å². The second-order valence-electron chi connectivity index (χ2n) is 7.72. The van der Waals surface area contributed by atoms with Gasteiger partial charge in [-0.3, -0.25) is 4.79 Å². The van der Waals surface area contributed by atoms with Crippen molar-refractivity contribution in [1.82, 2.24) is 4.90 Å². The lowest BCUT2D eigenvalue weighted by Gasteiger charge is -2.45. The number of hydrogen-bond acceptors (Lipinski definition) is 2. The summed E-state index contributed by atoms with van der Waals surface area (Å²) in [6.07, 6.45) is 7.09. The Morgan fingerprint density at radius 1 is 1.05 bits per heavy atom. The van der Waals surface area contributed by atoms with Gasteiger partial charge in [0, 0.05) is 25.0 Å². The Hall–Kier alpha value is -0.570. The van der Waals surface area contributed by atoms with E-state index in [4.69, 9.17) is 5.73 Å². The third kappa shape index (κ3) is 2.61. The van der Waals surface area contributed by atoms with Crippen molar-refractivity contribution >= 4 is 5.91 Å². The number of nitrogens with zero attached hydrogens (tertiary/aromatic N) is 1. The van der Waals surface area contributed by atoms with Gasteiger partial charge in [0.15, 0.2) is 0 Å². The Morgan fingerprint density at radius 3 is 2.30 bits per heavy atom. The fourth-order valence-electron chi connectivity index (χ4n) is 4.71. The van der Waals surface area contributed by atoms with Crippen LogP contribution in [0.2, 0.25) is 0 Å². The van der Waals surface area contributed by atoms with Crippen molar-refractivity contribution in [3.63, 3.8) is 0 Å². The van der Waals surface area contributed by atoms with Gasteiger partial charge in [-0.1, -0.05) is 20.3 Å². The van der Waals surface area contributed by atoms with E-state index in [-0.39, 0.29) is 5.92 Å². The van der Waals surface area contributed by atoms with E-state index in [0.717, 1.165) is 31.8 Å². The number of fused-ring (bicyclic) bond motifs is 2. The molecule has 1 heterocycles. The molecule has 20 heavy (non-hydrogen) atoms. The largest absolute Gasteiger partial charge is 0.342 e. The van der Waals surface area contributed by atoms with Gasteiger partial charge in [-0.2, -0.15) is 0 Å². The molecule has 2 N–H and O–H groups in total. The van der Waals surface area contributed by atoms with E-state index in [2.05, 4.69) is 18.7 Å². The summed E-state index contributed by atoms with van der Waals surface area (Å²) < 4.78 is 0. The van der Waals surface area contributed by atoms with E-state index in [1.807, 2.05) is 0 Å². The van der Waals surface area contributed by atoms with Crippen LogP contribution in [0.5, 0.6) is 0 Å². The molecule has 0 spiro atoms. The average Bonchev–Trinajstić information content (AvgIpc) is 2.41. The first-order chi connectivity index (χ1) is 9.56. The number of carbonyl (C=O) groups is 1. The highest BCUT2D eigenvalue weighted by Crippen LogP contribution is 2.42. The molecule has 3 fully saturated rings. The van der Waals surface area contributed by atoms with Gasteiger partial charge >= 0.3 is 0 Å². The Balaban J connectivity index is 1.63. The number of carbonyl (C=O) groups excluding carboxylic acids is 1. The fraction of sp³-hybridized carbons (Fsp3) is 0.941. The molecule has 0 aromatic heterocycles. The molecule has 3 rings (SSSR count). The quantitative estimate of drug-likeness (QED) is 0.801. The van der Waals surface area contributed by atoms with Gasteiger partial charge in [0.1, 0.15) is 0 Å². The molecule has 2 aliphatic carbocycles. The number of amides is 1. The van der Waals surface area contributed by atoms with Crippen molar-refractivity contribution in [3.8, 4) is 0 Å². The zero-order valence-electron chi connectivity index (χ0n) is 13.1. The third-order valence-corrected chi connectivity index (χ3v) is 6.41. The normalized spacial score (nSPS) is 45.2. The van der Waals surface area contributed by atoms with E-state index in [9.17, 15) is 4.79 Å². The minimum absolute atomic E-state index is 0.269. The van der Waals surface area contributed by atoms with Crippen LogP contribution in [0.25, 0.3) is 0 Å². The molecule has 3 aliphatic rings. The van der Waals surface area contributed by atoms with Crippen molar-refractivity contribution in [2.24, 2.45) is 35.3 Å². The second-order valence-corrected chi connectivity index (χ2v) is 7.72. The topological polar surface area (TPSA) is 46.3 Å². The third-order valence-electron chi connectivity index (χ3n) is 6.41. The van der Waals surface area contributed by atoms with Crippen molar-refractivity contribution in [2.45, 2.75) is 58.4 Å². The van der Waals surface area contributed by atoms with Crippen LogP contribution in [-0.2, 0) is 4.79 Å². The maximum absolute atomic E-state index is 12.8. The van der Waals surface area contributed by atoms with Crippen molar-refractivity contribution in [3.05, 3.63) is 0 Å². The van der Waals surface area contributed by atoms with Crippen LogP contribution in [0.4, 0.5) is 0 Å². The van der Waals surface area contributed by atoms with E-state index >= 15 is 0 Å². The zero-order chi connectivity index (χ0) is 14.3. The molecule has 3 nitrogen and oxygen atoms in total. The van der Waals surface area contributed by atoms with Crippen LogP contribution >= 0.6 is 0 Å². The van der Waals surface area contributed by atoms with Gasteiger partial charge in [-0.25, -0.2) is 0 Å². The predicted molar refractivity (Wildman–Crippen MR) is 81.1 cm³/mol. The summed E-state index contributed by atoms with van der Waals surface area (Å²) in [5.74, 6) is 3.34. The number of piperidine rings is 1. The number of hydrogen-bond donors (Lipinski definition) is 1. The molecule has 1 amide bonds. The summed E-state index contributed by atoms with van der Waals surface area (Å²) in [4.78, 5) is 15.0.